The Hall–Kier alpha value is -0.200. The molecule has 0 aromatic rings. The maximum Gasteiger partial charge on any atom is 0.0701 e. The molecule has 1 N–H and O–H groups in total. The second kappa shape index (κ2) is 10.7. The molecule has 1 fully saturated rings. The first-order chi connectivity index (χ1) is 8.86. The summed E-state index contributed by atoms with van der Waals surface area (Å²) in [5, 5.41) is 9.14. The van der Waals surface area contributed by atoms with Crippen molar-refractivity contribution in [1.29, 1.82) is 0 Å². The summed E-state index contributed by atoms with van der Waals surface area (Å²) >= 11 is 0. The van der Waals surface area contributed by atoms with Crippen LogP contribution >= 0.6 is 0 Å². The predicted octanol–water partition coefficient (Wildman–Crippen LogP) is 0.370. The van der Waals surface area contributed by atoms with Gasteiger partial charge < -0.3 is 24.2 Å². The lowest BCUT2D eigenvalue weighted by Gasteiger charge is -2.31. The van der Waals surface area contributed by atoms with Crippen molar-refractivity contribution in [2.45, 2.75) is 12.8 Å². The van der Waals surface area contributed by atoms with E-state index >= 15 is 0 Å². The van der Waals surface area contributed by atoms with Gasteiger partial charge >= 0.3 is 0 Å². The third-order valence-electron chi connectivity index (χ3n) is 3.22. The van der Waals surface area contributed by atoms with Crippen molar-refractivity contribution in [2.75, 3.05) is 66.4 Å². The highest BCUT2D eigenvalue weighted by atomic mass is 16.5. The van der Waals surface area contributed by atoms with Crippen molar-refractivity contribution in [3.63, 3.8) is 0 Å². The normalized spacial score (nSPS) is 21.3. The minimum absolute atomic E-state index is 0.310. The lowest BCUT2D eigenvalue weighted by atomic mass is 9.99. The summed E-state index contributed by atoms with van der Waals surface area (Å²) in [7, 11) is 1.66. The summed E-state index contributed by atoms with van der Waals surface area (Å²) in [5.41, 5.74) is 0. The number of methoxy groups -OCH3 is 1. The van der Waals surface area contributed by atoms with Gasteiger partial charge in [0.25, 0.3) is 0 Å². The number of piperidine rings is 1. The number of ether oxygens (including phenoxy) is 3. The van der Waals surface area contributed by atoms with Crippen LogP contribution in [0.4, 0.5) is 0 Å². The standard InChI is InChI=1S/C13H27NO4/c1-16-7-8-18-10-9-17-6-5-14-4-2-3-13(11-14)12-15/h13,15H,2-12H2,1H3. The fourth-order valence-electron chi connectivity index (χ4n) is 2.16. The average molecular weight is 261 g/mol. The molecule has 1 rings (SSSR count). The molecule has 0 aromatic heterocycles. The Morgan fingerprint density at radius 1 is 1.11 bits per heavy atom. The Labute approximate surface area is 110 Å². The van der Waals surface area contributed by atoms with Gasteiger partial charge in [0.05, 0.1) is 33.0 Å². The first-order valence-electron chi connectivity index (χ1n) is 6.84. The smallest absolute Gasteiger partial charge is 0.0701 e. The Kier molecular flexibility index (Phi) is 9.42. The largest absolute Gasteiger partial charge is 0.396 e. The van der Waals surface area contributed by atoms with Crippen LogP contribution in [0.5, 0.6) is 0 Å². The van der Waals surface area contributed by atoms with Gasteiger partial charge in [-0.25, -0.2) is 0 Å². The van der Waals surface area contributed by atoms with E-state index in [1.165, 1.54) is 6.42 Å². The number of hydrogen-bond acceptors (Lipinski definition) is 5. The zero-order valence-electron chi connectivity index (χ0n) is 11.5. The van der Waals surface area contributed by atoms with Gasteiger partial charge in [-0.1, -0.05) is 0 Å². The van der Waals surface area contributed by atoms with Gasteiger partial charge in [-0.05, 0) is 25.3 Å². The summed E-state index contributed by atoms with van der Waals surface area (Å²) in [6.07, 6.45) is 2.34. The van der Waals surface area contributed by atoms with Gasteiger partial charge in [-0.3, -0.25) is 0 Å². The number of nitrogens with zero attached hydrogens (tertiary/aromatic N) is 1. The van der Waals surface area contributed by atoms with Gasteiger partial charge in [0.1, 0.15) is 0 Å². The molecule has 0 bridgehead atoms. The second-order valence-electron chi connectivity index (χ2n) is 4.71. The molecule has 1 atom stereocenters. The van der Waals surface area contributed by atoms with Crippen LogP contribution < -0.4 is 0 Å². The highest BCUT2D eigenvalue weighted by Crippen LogP contribution is 2.14. The van der Waals surface area contributed by atoms with Crippen molar-refractivity contribution < 1.29 is 19.3 Å². The Balaban J connectivity index is 1.88. The molecule has 108 valence electrons. The maximum atomic E-state index is 9.14. The molecule has 0 aliphatic carbocycles. The first-order valence-corrected chi connectivity index (χ1v) is 6.84. The van der Waals surface area contributed by atoms with Gasteiger partial charge in [-0.15, -0.1) is 0 Å². The molecule has 1 aliphatic heterocycles. The summed E-state index contributed by atoms with van der Waals surface area (Å²) < 4.78 is 15.7. The fourth-order valence-corrected chi connectivity index (χ4v) is 2.16. The molecule has 1 heterocycles. The van der Waals surface area contributed by atoms with Crippen LogP contribution in [0.25, 0.3) is 0 Å². The molecule has 5 heteroatoms. The molecule has 18 heavy (non-hydrogen) atoms. The lowest BCUT2D eigenvalue weighted by molar-refractivity contribution is 0.0152. The fraction of sp³-hybridized carbons (Fsp3) is 1.00. The Morgan fingerprint density at radius 2 is 1.83 bits per heavy atom. The maximum absolute atomic E-state index is 9.14. The van der Waals surface area contributed by atoms with Crippen molar-refractivity contribution >= 4 is 0 Å². The van der Waals surface area contributed by atoms with Crippen molar-refractivity contribution in [2.24, 2.45) is 5.92 Å². The number of aliphatic hydroxyl groups excluding tert-OH is 1. The Morgan fingerprint density at radius 3 is 2.56 bits per heavy atom. The SMILES string of the molecule is COCCOCCOCCN1CCCC(CO)C1. The monoisotopic (exact) mass is 261 g/mol. The summed E-state index contributed by atoms with van der Waals surface area (Å²) in [4.78, 5) is 2.37. The van der Waals surface area contributed by atoms with Gasteiger partial charge in [0, 0.05) is 26.8 Å². The molecular formula is C13H27NO4. The topological polar surface area (TPSA) is 51.2 Å². The molecule has 0 spiro atoms. The van der Waals surface area contributed by atoms with E-state index in [0.29, 0.717) is 39.0 Å². The van der Waals surface area contributed by atoms with E-state index in [1.54, 1.807) is 7.11 Å². The molecule has 0 aromatic carbocycles. The summed E-state index contributed by atoms with van der Waals surface area (Å²) in [6.45, 7) is 6.67. The van der Waals surface area contributed by atoms with Crippen LogP contribution in [0.15, 0.2) is 0 Å². The molecule has 0 saturated carbocycles. The second-order valence-corrected chi connectivity index (χ2v) is 4.71. The average Bonchev–Trinajstić information content (AvgIpc) is 2.42. The number of likely N-dealkylation sites (tertiary alicyclic amines) is 1. The van der Waals surface area contributed by atoms with E-state index in [4.69, 9.17) is 19.3 Å². The molecular weight excluding hydrogens is 234 g/mol. The minimum atomic E-state index is 0.310. The first kappa shape index (κ1) is 15.9. The zero-order valence-corrected chi connectivity index (χ0v) is 11.5. The van der Waals surface area contributed by atoms with Crippen LogP contribution in [0, 0.1) is 5.92 Å². The third-order valence-corrected chi connectivity index (χ3v) is 3.22. The van der Waals surface area contributed by atoms with Crippen LogP contribution in [0.1, 0.15) is 12.8 Å². The predicted molar refractivity (Wildman–Crippen MR) is 69.8 cm³/mol. The molecule has 1 saturated heterocycles. The molecule has 1 unspecified atom stereocenters. The summed E-state index contributed by atoms with van der Waals surface area (Å²) in [6, 6.07) is 0. The number of rotatable bonds is 10. The number of hydrogen-bond donors (Lipinski definition) is 1. The van der Waals surface area contributed by atoms with E-state index in [1.807, 2.05) is 0 Å². The van der Waals surface area contributed by atoms with E-state index in [-0.39, 0.29) is 0 Å². The molecule has 5 nitrogen and oxygen atoms in total. The van der Waals surface area contributed by atoms with Gasteiger partial charge in [0.2, 0.25) is 0 Å². The van der Waals surface area contributed by atoms with Crippen molar-refractivity contribution in [3.8, 4) is 0 Å². The lowest BCUT2D eigenvalue weighted by Crippen LogP contribution is -2.38. The molecule has 0 amide bonds. The van der Waals surface area contributed by atoms with Crippen LogP contribution in [-0.2, 0) is 14.2 Å². The van der Waals surface area contributed by atoms with Crippen LogP contribution in [0.3, 0.4) is 0 Å². The molecule has 1 aliphatic rings. The quantitative estimate of drug-likeness (QED) is 0.576. The Bertz CT molecular complexity index is 192. The van der Waals surface area contributed by atoms with Crippen molar-refractivity contribution in [3.05, 3.63) is 0 Å². The van der Waals surface area contributed by atoms with Gasteiger partial charge in [-0.2, -0.15) is 0 Å². The van der Waals surface area contributed by atoms with E-state index in [0.717, 1.165) is 32.7 Å². The van der Waals surface area contributed by atoms with Crippen molar-refractivity contribution in [1.82, 2.24) is 4.90 Å². The zero-order chi connectivity index (χ0) is 13.1. The number of aliphatic hydroxyl groups is 1. The summed E-state index contributed by atoms with van der Waals surface area (Å²) in [5.74, 6) is 0.455. The van der Waals surface area contributed by atoms with Gasteiger partial charge in [0.15, 0.2) is 0 Å². The molecule has 0 radical (unpaired) electrons. The highest BCUT2D eigenvalue weighted by molar-refractivity contribution is 4.71. The van der Waals surface area contributed by atoms with Crippen LogP contribution in [0.2, 0.25) is 0 Å². The van der Waals surface area contributed by atoms with E-state index < -0.39 is 0 Å². The third kappa shape index (κ3) is 7.28. The minimum Gasteiger partial charge on any atom is -0.396 e. The van der Waals surface area contributed by atoms with E-state index in [9.17, 15) is 0 Å². The van der Waals surface area contributed by atoms with Crippen LogP contribution in [-0.4, -0.2) is 76.4 Å². The highest BCUT2D eigenvalue weighted by Gasteiger charge is 2.18. The van der Waals surface area contributed by atoms with E-state index in [2.05, 4.69) is 4.90 Å².